The van der Waals surface area contributed by atoms with Crippen LogP contribution in [0.4, 0.5) is 0 Å². The predicted molar refractivity (Wildman–Crippen MR) is 91.1 cm³/mol. The van der Waals surface area contributed by atoms with E-state index in [1.54, 1.807) is 13.0 Å². The first kappa shape index (κ1) is 17.5. The third-order valence-corrected chi connectivity index (χ3v) is 4.28. The number of halogens is 1. The van der Waals surface area contributed by atoms with Crippen LogP contribution in [0.5, 0.6) is 0 Å². The highest BCUT2D eigenvalue weighted by atomic mass is 35.5. The normalized spacial score (nSPS) is 16.0. The fourth-order valence-corrected chi connectivity index (χ4v) is 3.01. The van der Waals surface area contributed by atoms with Crippen LogP contribution in [0.2, 0.25) is 5.02 Å². The van der Waals surface area contributed by atoms with Gasteiger partial charge >= 0.3 is 5.97 Å². The molecule has 0 aromatic heterocycles. The second-order valence-electron chi connectivity index (χ2n) is 5.82. The Bertz CT molecular complexity index is 592. The fraction of sp³-hybridized carbons (Fsp3) is 0.444. The number of carbonyl (C=O) groups is 2. The minimum Gasteiger partial charge on any atom is -0.452 e. The van der Waals surface area contributed by atoms with Crippen molar-refractivity contribution in [2.45, 2.75) is 45.1 Å². The summed E-state index contributed by atoms with van der Waals surface area (Å²) in [5, 5.41) is 3.48. The topological polar surface area (TPSA) is 55.4 Å². The van der Waals surface area contributed by atoms with Gasteiger partial charge in [-0.25, -0.2) is 4.79 Å². The molecule has 1 fully saturated rings. The molecule has 1 aromatic rings. The molecule has 4 nitrogen and oxygen atoms in total. The van der Waals surface area contributed by atoms with Crippen molar-refractivity contribution in [3.05, 3.63) is 40.9 Å². The first-order valence-corrected chi connectivity index (χ1v) is 8.33. The summed E-state index contributed by atoms with van der Waals surface area (Å²) in [4.78, 5) is 23.6. The van der Waals surface area contributed by atoms with Crippen molar-refractivity contribution in [3.8, 4) is 0 Å². The average Bonchev–Trinajstić information content (AvgIpc) is 2.54. The molecule has 124 valence electrons. The minimum atomic E-state index is -0.541. The molecule has 5 heteroatoms. The summed E-state index contributed by atoms with van der Waals surface area (Å²) < 4.78 is 5.01. The third kappa shape index (κ3) is 5.71. The Morgan fingerprint density at radius 3 is 2.65 bits per heavy atom. The Hall–Kier alpha value is -1.81. The van der Waals surface area contributed by atoms with E-state index in [1.807, 2.05) is 18.2 Å². The number of amides is 1. The number of carbonyl (C=O) groups excluding carboxylic acids is 2. The zero-order valence-corrected chi connectivity index (χ0v) is 14.1. The number of hydrogen-bond donors (Lipinski definition) is 1. The lowest BCUT2D eigenvalue weighted by Gasteiger charge is -2.22. The second-order valence-corrected chi connectivity index (χ2v) is 6.22. The Morgan fingerprint density at radius 1 is 1.26 bits per heavy atom. The molecular weight excluding hydrogens is 314 g/mol. The van der Waals surface area contributed by atoms with E-state index in [0.717, 1.165) is 31.2 Å². The van der Waals surface area contributed by atoms with Crippen LogP contribution >= 0.6 is 11.6 Å². The van der Waals surface area contributed by atoms with E-state index in [4.69, 9.17) is 16.3 Å². The van der Waals surface area contributed by atoms with Crippen LogP contribution in [0.25, 0.3) is 5.57 Å². The zero-order valence-electron chi connectivity index (χ0n) is 13.3. The molecule has 0 unspecified atom stereocenters. The molecule has 1 N–H and O–H groups in total. The maximum Gasteiger partial charge on any atom is 0.331 e. The maximum absolute atomic E-state index is 11.8. The molecule has 1 saturated carbocycles. The Morgan fingerprint density at radius 2 is 1.96 bits per heavy atom. The van der Waals surface area contributed by atoms with E-state index in [-0.39, 0.29) is 18.6 Å². The van der Waals surface area contributed by atoms with Gasteiger partial charge in [-0.3, -0.25) is 4.79 Å². The van der Waals surface area contributed by atoms with E-state index >= 15 is 0 Å². The zero-order chi connectivity index (χ0) is 16.7. The van der Waals surface area contributed by atoms with Gasteiger partial charge in [0.15, 0.2) is 6.61 Å². The molecule has 0 atom stereocenters. The first-order chi connectivity index (χ1) is 11.1. The molecule has 1 aromatic carbocycles. The Kier molecular flexibility index (Phi) is 6.66. The largest absolute Gasteiger partial charge is 0.452 e. The first-order valence-electron chi connectivity index (χ1n) is 7.95. The van der Waals surface area contributed by atoms with Crippen molar-refractivity contribution in [2.24, 2.45) is 0 Å². The molecular formula is C18H22ClNO3. The molecule has 0 saturated heterocycles. The highest BCUT2D eigenvalue weighted by Crippen LogP contribution is 2.23. The summed E-state index contributed by atoms with van der Waals surface area (Å²) in [6.45, 7) is 1.53. The van der Waals surface area contributed by atoms with Gasteiger partial charge in [0, 0.05) is 17.1 Å². The lowest BCUT2D eigenvalue weighted by Crippen LogP contribution is -2.38. The SMILES string of the molecule is C/C(=C/C(=O)OCC(=O)NC1CCCCC1)c1ccccc1Cl. The lowest BCUT2D eigenvalue weighted by atomic mass is 9.95. The summed E-state index contributed by atoms with van der Waals surface area (Å²) in [5.74, 6) is -0.782. The molecule has 0 aliphatic heterocycles. The molecule has 0 spiro atoms. The molecule has 23 heavy (non-hydrogen) atoms. The number of hydrogen-bond acceptors (Lipinski definition) is 3. The molecule has 0 heterocycles. The second kappa shape index (κ2) is 8.73. The highest BCUT2D eigenvalue weighted by Gasteiger charge is 2.16. The van der Waals surface area contributed by atoms with Gasteiger partial charge in [-0.15, -0.1) is 0 Å². The van der Waals surface area contributed by atoms with Gasteiger partial charge in [-0.2, -0.15) is 0 Å². The monoisotopic (exact) mass is 335 g/mol. The van der Waals surface area contributed by atoms with Crippen molar-refractivity contribution in [1.82, 2.24) is 5.32 Å². The van der Waals surface area contributed by atoms with Crippen LogP contribution in [0, 0.1) is 0 Å². The molecule has 2 rings (SSSR count). The Labute approximate surface area is 141 Å². The average molecular weight is 336 g/mol. The van der Waals surface area contributed by atoms with Crippen LogP contribution in [0.15, 0.2) is 30.3 Å². The predicted octanol–water partition coefficient (Wildman–Crippen LogP) is 3.74. The van der Waals surface area contributed by atoms with Gasteiger partial charge in [0.1, 0.15) is 0 Å². The smallest absolute Gasteiger partial charge is 0.331 e. The number of benzene rings is 1. The van der Waals surface area contributed by atoms with Crippen molar-refractivity contribution in [3.63, 3.8) is 0 Å². The standard InChI is InChI=1S/C18H22ClNO3/c1-13(15-9-5-6-10-16(15)19)11-18(22)23-12-17(21)20-14-7-3-2-4-8-14/h5-6,9-11,14H,2-4,7-8,12H2,1H3,(H,20,21)/b13-11-. The summed E-state index contributed by atoms with van der Waals surface area (Å²) in [7, 11) is 0. The minimum absolute atomic E-state index is 0.218. The van der Waals surface area contributed by atoms with E-state index in [1.165, 1.54) is 12.5 Å². The molecule has 1 amide bonds. The summed E-state index contributed by atoms with van der Waals surface area (Å²) in [6.07, 6.45) is 6.88. The number of esters is 1. The van der Waals surface area contributed by atoms with Crippen molar-refractivity contribution in [2.75, 3.05) is 6.61 Å². The molecule has 0 radical (unpaired) electrons. The number of allylic oxidation sites excluding steroid dienone is 1. The number of rotatable bonds is 5. The van der Waals surface area contributed by atoms with Crippen LogP contribution < -0.4 is 5.32 Å². The van der Waals surface area contributed by atoms with Gasteiger partial charge in [-0.1, -0.05) is 49.1 Å². The highest BCUT2D eigenvalue weighted by molar-refractivity contribution is 6.32. The van der Waals surface area contributed by atoms with Crippen LogP contribution in [-0.2, 0) is 14.3 Å². The quantitative estimate of drug-likeness (QED) is 0.659. The number of nitrogens with one attached hydrogen (secondary N) is 1. The lowest BCUT2D eigenvalue weighted by molar-refractivity contribution is -0.144. The van der Waals surface area contributed by atoms with E-state index in [9.17, 15) is 9.59 Å². The Balaban J connectivity index is 1.81. The van der Waals surface area contributed by atoms with E-state index in [2.05, 4.69) is 5.32 Å². The molecule has 1 aliphatic carbocycles. The maximum atomic E-state index is 11.8. The molecule has 1 aliphatic rings. The number of ether oxygens (including phenoxy) is 1. The van der Waals surface area contributed by atoms with Crippen LogP contribution in [0.1, 0.15) is 44.6 Å². The fourth-order valence-electron chi connectivity index (χ4n) is 2.73. The van der Waals surface area contributed by atoms with E-state index < -0.39 is 5.97 Å². The molecule has 0 bridgehead atoms. The van der Waals surface area contributed by atoms with Crippen molar-refractivity contribution >= 4 is 29.1 Å². The van der Waals surface area contributed by atoms with Crippen LogP contribution in [0.3, 0.4) is 0 Å². The van der Waals surface area contributed by atoms with Crippen LogP contribution in [-0.4, -0.2) is 24.5 Å². The van der Waals surface area contributed by atoms with Gasteiger partial charge in [0.05, 0.1) is 0 Å². The van der Waals surface area contributed by atoms with Gasteiger partial charge in [-0.05, 0) is 37.0 Å². The van der Waals surface area contributed by atoms with Crippen molar-refractivity contribution in [1.29, 1.82) is 0 Å². The third-order valence-electron chi connectivity index (χ3n) is 3.95. The summed E-state index contributed by atoms with van der Waals surface area (Å²) in [6, 6.07) is 7.48. The summed E-state index contributed by atoms with van der Waals surface area (Å²) in [5.41, 5.74) is 1.48. The van der Waals surface area contributed by atoms with E-state index in [0.29, 0.717) is 10.6 Å². The van der Waals surface area contributed by atoms with Crippen molar-refractivity contribution < 1.29 is 14.3 Å². The summed E-state index contributed by atoms with van der Waals surface area (Å²) >= 11 is 6.08. The van der Waals surface area contributed by atoms with Gasteiger partial charge in [0.25, 0.3) is 5.91 Å². The van der Waals surface area contributed by atoms with Gasteiger partial charge in [0.2, 0.25) is 0 Å². The van der Waals surface area contributed by atoms with Gasteiger partial charge < -0.3 is 10.1 Å².